The van der Waals surface area contributed by atoms with Crippen LogP contribution in [0, 0.1) is 11.3 Å². The minimum Gasteiger partial charge on any atom is -0.256 e. The molecule has 1 aliphatic carbocycles. The van der Waals surface area contributed by atoms with Crippen molar-refractivity contribution in [3.63, 3.8) is 0 Å². The zero-order valence-corrected chi connectivity index (χ0v) is 33.6. The fourth-order valence-corrected chi connectivity index (χ4v) is 9.21. The van der Waals surface area contributed by atoms with Crippen LogP contribution in [0.5, 0.6) is 0 Å². The predicted octanol–water partition coefficient (Wildman–Crippen LogP) is 13.8. The summed E-state index contributed by atoms with van der Waals surface area (Å²) < 4.78 is 0. The maximum Gasteiger partial charge on any atom is 0.165 e. The molecule has 0 bridgehead atoms. The van der Waals surface area contributed by atoms with Gasteiger partial charge in [-0.25, -0.2) is 15.0 Å². The number of hydrogen-bond acceptors (Lipinski definition) is 5. The van der Waals surface area contributed by atoms with E-state index in [1.807, 2.05) is 54.7 Å². The lowest BCUT2D eigenvalue weighted by molar-refractivity contribution is 0.660. The van der Waals surface area contributed by atoms with Gasteiger partial charge in [-0.2, -0.15) is 5.26 Å². The van der Waals surface area contributed by atoms with Gasteiger partial charge in [-0.3, -0.25) is 4.98 Å². The molecule has 0 N–H and O–H groups in total. The monoisotopic (exact) mass is 779 g/mol. The van der Waals surface area contributed by atoms with E-state index in [4.69, 9.17) is 19.9 Å². The van der Waals surface area contributed by atoms with Gasteiger partial charge in [0.1, 0.15) is 0 Å². The highest BCUT2D eigenvalue weighted by atomic mass is 15.0. The van der Waals surface area contributed by atoms with Crippen molar-refractivity contribution in [1.82, 2.24) is 19.9 Å². The lowest BCUT2D eigenvalue weighted by Gasteiger charge is -2.22. The van der Waals surface area contributed by atoms with Crippen molar-refractivity contribution in [1.29, 1.82) is 5.26 Å². The van der Waals surface area contributed by atoms with Crippen LogP contribution in [0.4, 0.5) is 0 Å². The van der Waals surface area contributed by atoms with Gasteiger partial charge in [-0.15, -0.1) is 0 Å². The lowest BCUT2D eigenvalue weighted by Crippen LogP contribution is -2.15. The van der Waals surface area contributed by atoms with Crippen LogP contribution in [0.1, 0.15) is 30.5 Å². The fraction of sp³-hybridized carbons (Fsp3) is 0.0536. The molecule has 0 radical (unpaired) electrons. The Bertz CT molecular complexity index is 3330. The Labute approximate surface area is 354 Å². The summed E-state index contributed by atoms with van der Waals surface area (Å²) in [5, 5.41) is 14.1. The number of nitriles is 1. The van der Waals surface area contributed by atoms with Crippen molar-refractivity contribution >= 4 is 21.5 Å². The maximum absolute atomic E-state index is 9.73. The molecule has 0 saturated heterocycles. The van der Waals surface area contributed by atoms with Crippen LogP contribution in [0.25, 0.3) is 100 Å². The van der Waals surface area contributed by atoms with Gasteiger partial charge in [-0.1, -0.05) is 147 Å². The lowest BCUT2D eigenvalue weighted by atomic mass is 9.81. The molecule has 0 fully saturated rings. The summed E-state index contributed by atoms with van der Waals surface area (Å²) in [6, 6.07) is 65.6. The molecule has 5 heteroatoms. The van der Waals surface area contributed by atoms with Crippen LogP contribution in [-0.2, 0) is 5.41 Å². The molecule has 2 aromatic heterocycles. The van der Waals surface area contributed by atoms with Crippen LogP contribution >= 0.6 is 0 Å². The van der Waals surface area contributed by atoms with Gasteiger partial charge in [0.25, 0.3) is 0 Å². The summed E-state index contributed by atoms with van der Waals surface area (Å²) in [6.07, 6.45) is 1.83. The number of fused-ring (bicyclic) bond motifs is 5. The second-order valence-corrected chi connectivity index (χ2v) is 16.2. The van der Waals surface area contributed by atoms with Gasteiger partial charge in [0, 0.05) is 33.9 Å². The molecule has 0 spiro atoms. The quantitative estimate of drug-likeness (QED) is 0.157. The van der Waals surface area contributed by atoms with E-state index in [0.29, 0.717) is 23.0 Å². The van der Waals surface area contributed by atoms with Crippen molar-refractivity contribution < 1.29 is 0 Å². The Morgan fingerprint density at radius 1 is 0.410 bits per heavy atom. The van der Waals surface area contributed by atoms with Crippen molar-refractivity contribution in [3.8, 4) is 84.9 Å². The first kappa shape index (κ1) is 36.0. The summed E-state index contributed by atoms with van der Waals surface area (Å²) in [4.78, 5) is 20.8. The molecule has 2 heterocycles. The molecule has 0 amide bonds. The average Bonchev–Trinajstić information content (AvgIpc) is 3.55. The van der Waals surface area contributed by atoms with E-state index in [2.05, 4.69) is 153 Å². The minimum atomic E-state index is -0.287. The number of pyridine rings is 1. The molecule has 61 heavy (non-hydrogen) atoms. The number of benzene rings is 8. The SMILES string of the molecule is CC1(C)c2cc(C#N)ccc2-c2ccc(-c3cc(-c4ccccn4)cc(-c4nc(-c5ccccc5)nc(-c5c6ccccc6c(-c6ccccc6)c6ccccc56)n4)c3)cc21. The Hall–Kier alpha value is -8.07. The summed E-state index contributed by atoms with van der Waals surface area (Å²) in [6.45, 7) is 4.49. The van der Waals surface area contributed by atoms with Crippen LogP contribution < -0.4 is 0 Å². The Morgan fingerprint density at radius 3 is 1.57 bits per heavy atom. The van der Waals surface area contributed by atoms with Crippen LogP contribution in [0.2, 0.25) is 0 Å². The maximum atomic E-state index is 9.73. The minimum absolute atomic E-state index is 0.287. The standard InChI is InChI=1S/C56H37N5/c1-56(2)48-29-35(34-57)24-26-42(48)43-27-25-38(33-49(43)56)39-30-40(50-23-13-14-28-58-50)32-41(31-39)54-59-53(37-17-7-4-8-18-37)60-55(61-54)52-46-21-11-9-19-44(46)51(36-15-5-3-6-16-36)45-20-10-12-22-47(45)52/h3-33H,1-2H3. The van der Waals surface area contributed by atoms with Crippen LogP contribution in [-0.4, -0.2) is 19.9 Å². The van der Waals surface area contributed by atoms with E-state index in [1.165, 1.54) is 27.8 Å². The molecular weight excluding hydrogens is 743 g/mol. The predicted molar refractivity (Wildman–Crippen MR) is 248 cm³/mol. The molecule has 11 rings (SSSR count). The molecule has 0 saturated carbocycles. The highest BCUT2D eigenvalue weighted by molar-refractivity contribution is 6.20. The largest absolute Gasteiger partial charge is 0.256 e. The van der Waals surface area contributed by atoms with Gasteiger partial charge in [0.2, 0.25) is 0 Å². The van der Waals surface area contributed by atoms with E-state index in [1.54, 1.807) is 0 Å². The zero-order chi connectivity index (χ0) is 41.1. The fourth-order valence-electron chi connectivity index (χ4n) is 9.21. The molecular formula is C56H37N5. The van der Waals surface area contributed by atoms with E-state index in [-0.39, 0.29) is 5.41 Å². The number of nitrogens with zero attached hydrogens (tertiary/aromatic N) is 5. The smallest absolute Gasteiger partial charge is 0.165 e. The van der Waals surface area contributed by atoms with Crippen molar-refractivity contribution in [3.05, 3.63) is 205 Å². The Morgan fingerprint density at radius 2 is 0.934 bits per heavy atom. The first-order chi connectivity index (χ1) is 29.9. The second kappa shape index (κ2) is 14.3. The first-order valence-electron chi connectivity index (χ1n) is 20.5. The molecule has 0 unspecified atom stereocenters. The van der Waals surface area contributed by atoms with E-state index >= 15 is 0 Å². The summed E-state index contributed by atoms with van der Waals surface area (Å²) in [5.74, 6) is 1.77. The van der Waals surface area contributed by atoms with Crippen molar-refractivity contribution in [2.45, 2.75) is 19.3 Å². The highest BCUT2D eigenvalue weighted by Crippen LogP contribution is 2.50. The number of hydrogen-bond donors (Lipinski definition) is 0. The second-order valence-electron chi connectivity index (χ2n) is 16.2. The van der Waals surface area contributed by atoms with E-state index < -0.39 is 0 Å². The highest BCUT2D eigenvalue weighted by Gasteiger charge is 2.36. The van der Waals surface area contributed by atoms with Crippen LogP contribution in [0.15, 0.2) is 188 Å². The van der Waals surface area contributed by atoms with Crippen LogP contribution in [0.3, 0.4) is 0 Å². The first-order valence-corrected chi connectivity index (χ1v) is 20.5. The number of rotatable bonds is 6. The van der Waals surface area contributed by atoms with Gasteiger partial charge < -0.3 is 0 Å². The molecule has 5 nitrogen and oxygen atoms in total. The molecule has 286 valence electrons. The summed E-state index contributed by atoms with van der Waals surface area (Å²) >= 11 is 0. The normalized spacial score (nSPS) is 12.5. The topological polar surface area (TPSA) is 75.3 Å². The summed E-state index contributed by atoms with van der Waals surface area (Å²) in [7, 11) is 0. The molecule has 1 aliphatic rings. The number of aromatic nitrogens is 4. The zero-order valence-electron chi connectivity index (χ0n) is 33.6. The van der Waals surface area contributed by atoms with Gasteiger partial charge >= 0.3 is 0 Å². The third-order valence-electron chi connectivity index (χ3n) is 12.2. The van der Waals surface area contributed by atoms with Crippen molar-refractivity contribution in [2.24, 2.45) is 0 Å². The van der Waals surface area contributed by atoms with Gasteiger partial charge in [-0.05, 0) is 115 Å². The Balaban J connectivity index is 1.16. The third kappa shape index (κ3) is 6.08. The third-order valence-corrected chi connectivity index (χ3v) is 12.2. The van der Waals surface area contributed by atoms with E-state index in [9.17, 15) is 5.26 Å². The van der Waals surface area contributed by atoms with E-state index in [0.717, 1.165) is 66.2 Å². The molecule has 0 atom stereocenters. The van der Waals surface area contributed by atoms with Crippen molar-refractivity contribution in [2.75, 3.05) is 0 Å². The molecule has 8 aromatic carbocycles. The average molecular weight is 780 g/mol. The Kier molecular flexibility index (Phi) is 8.47. The van der Waals surface area contributed by atoms with Gasteiger partial charge in [0.15, 0.2) is 17.5 Å². The molecule has 10 aromatic rings. The molecule has 0 aliphatic heterocycles. The van der Waals surface area contributed by atoms with Gasteiger partial charge in [0.05, 0.1) is 17.3 Å². The summed E-state index contributed by atoms with van der Waals surface area (Å²) in [5.41, 5.74) is 14.1.